The molecule has 2 atom stereocenters. The summed E-state index contributed by atoms with van der Waals surface area (Å²) >= 11 is 0. The standard InChI is InChI=1S/C31H58O13/c1-3-7-41-29(5-1)43-23-21-35-15-19-39-27-31(28-40-20-16-36-22-24-44-30-6-2-4-8-42-30)25-37-17-13-33-11-9-32-10-12-34-14-18-38-26-31/h29-30H,1-28H2. The SMILES string of the molecule is C1CCC(OCCOCCOCC2(COCCOCCOC3CCCCO3)COCCOCCOCCOCCOC2)OC1. The lowest BCUT2D eigenvalue weighted by molar-refractivity contribution is -0.170. The van der Waals surface area contributed by atoms with E-state index in [4.69, 9.17) is 61.6 Å². The van der Waals surface area contributed by atoms with Crippen molar-refractivity contribution in [3.8, 4) is 0 Å². The summed E-state index contributed by atoms with van der Waals surface area (Å²) in [5, 5.41) is 0. The van der Waals surface area contributed by atoms with Gasteiger partial charge in [0.05, 0.1) is 138 Å². The third-order valence-corrected chi connectivity index (χ3v) is 7.20. The van der Waals surface area contributed by atoms with Gasteiger partial charge in [-0.2, -0.15) is 0 Å². The Balaban J connectivity index is 1.37. The average molecular weight is 639 g/mol. The molecule has 0 saturated carbocycles. The summed E-state index contributed by atoms with van der Waals surface area (Å²) in [6.45, 7) is 10.8. The lowest BCUT2D eigenvalue weighted by atomic mass is 9.92. The zero-order chi connectivity index (χ0) is 30.6. The first-order chi connectivity index (χ1) is 21.9. The predicted octanol–water partition coefficient (Wildman–Crippen LogP) is 2.22. The van der Waals surface area contributed by atoms with Crippen molar-refractivity contribution in [3.63, 3.8) is 0 Å². The molecule has 0 aromatic heterocycles. The molecule has 3 aliphatic heterocycles. The van der Waals surface area contributed by atoms with Crippen LogP contribution in [0.1, 0.15) is 38.5 Å². The van der Waals surface area contributed by atoms with Crippen LogP contribution in [0.25, 0.3) is 0 Å². The molecule has 0 amide bonds. The highest BCUT2D eigenvalue weighted by Gasteiger charge is 2.32. The van der Waals surface area contributed by atoms with Gasteiger partial charge in [0, 0.05) is 13.2 Å². The maximum Gasteiger partial charge on any atom is 0.157 e. The Hall–Kier alpha value is -0.520. The Morgan fingerprint density at radius 3 is 1.20 bits per heavy atom. The van der Waals surface area contributed by atoms with E-state index in [0.717, 1.165) is 51.7 Å². The molecule has 3 rings (SSSR count). The van der Waals surface area contributed by atoms with E-state index in [1.807, 2.05) is 0 Å². The summed E-state index contributed by atoms with van der Waals surface area (Å²) in [7, 11) is 0. The molecule has 260 valence electrons. The van der Waals surface area contributed by atoms with Crippen LogP contribution in [0.15, 0.2) is 0 Å². The Kier molecular flexibility index (Phi) is 22.9. The lowest BCUT2D eigenvalue weighted by Crippen LogP contribution is -2.43. The second-order valence-corrected chi connectivity index (χ2v) is 11.1. The van der Waals surface area contributed by atoms with Crippen LogP contribution in [0.2, 0.25) is 0 Å². The number of ether oxygens (including phenoxy) is 13. The molecule has 13 heteroatoms. The molecule has 3 heterocycles. The Morgan fingerprint density at radius 1 is 0.409 bits per heavy atom. The monoisotopic (exact) mass is 638 g/mol. The van der Waals surface area contributed by atoms with E-state index in [-0.39, 0.29) is 12.6 Å². The van der Waals surface area contributed by atoms with Gasteiger partial charge in [0.15, 0.2) is 12.6 Å². The van der Waals surface area contributed by atoms with Crippen molar-refractivity contribution in [1.29, 1.82) is 0 Å². The highest BCUT2D eigenvalue weighted by atomic mass is 16.7. The van der Waals surface area contributed by atoms with Crippen molar-refractivity contribution in [1.82, 2.24) is 0 Å². The fourth-order valence-electron chi connectivity index (χ4n) is 4.78. The molecule has 0 N–H and O–H groups in total. The van der Waals surface area contributed by atoms with Crippen LogP contribution in [-0.2, 0) is 61.6 Å². The third kappa shape index (κ3) is 19.2. The minimum atomic E-state index is -0.525. The van der Waals surface area contributed by atoms with Crippen LogP contribution in [0, 0.1) is 5.41 Å². The molecule has 13 nitrogen and oxygen atoms in total. The normalized spacial score (nSPS) is 25.1. The molecule has 0 aromatic carbocycles. The lowest BCUT2D eigenvalue weighted by Gasteiger charge is -2.33. The third-order valence-electron chi connectivity index (χ3n) is 7.20. The molecule has 3 fully saturated rings. The van der Waals surface area contributed by atoms with E-state index < -0.39 is 5.41 Å². The predicted molar refractivity (Wildman–Crippen MR) is 159 cm³/mol. The number of rotatable bonds is 18. The van der Waals surface area contributed by atoms with E-state index in [1.165, 1.54) is 0 Å². The van der Waals surface area contributed by atoms with Crippen molar-refractivity contribution >= 4 is 0 Å². The summed E-state index contributed by atoms with van der Waals surface area (Å²) in [6.07, 6.45) is 6.18. The molecule has 0 bridgehead atoms. The quantitative estimate of drug-likeness (QED) is 0.204. The molecule has 3 saturated heterocycles. The summed E-state index contributed by atoms with van der Waals surface area (Å²) in [5.41, 5.74) is -0.525. The van der Waals surface area contributed by atoms with Crippen LogP contribution >= 0.6 is 0 Å². The van der Waals surface area contributed by atoms with Gasteiger partial charge in [0.25, 0.3) is 0 Å². The van der Waals surface area contributed by atoms with Crippen molar-refractivity contribution in [2.75, 3.05) is 145 Å². The molecule has 0 spiro atoms. The second kappa shape index (κ2) is 26.5. The first-order valence-electron chi connectivity index (χ1n) is 16.5. The molecular weight excluding hydrogens is 580 g/mol. The van der Waals surface area contributed by atoms with Gasteiger partial charge >= 0.3 is 0 Å². The van der Waals surface area contributed by atoms with Crippen LogP contribution < -0.4 is 0 Å². The van der Waals surface area contributed by atoms with Gasteiger partial charge < -0.3 is 61.6 Å². The van der Waals surface area contributed by atoms with Gasteiger partial charge in [-0.05, 0) is 38.5 Å². The minimum Gasteiger partial charge on any atom is -0.378 e. The van der Waals surface area contributed by atoms with Gasteiger partial charge in [0.2, 0.25) is 0 Å². The maximum absolute atomic E-state index is 6.08. The fourth-order valence-corrected chi connectivity index (χ4v) is 4.78. The first-order valence-corrected chi connectivity index (χ1v) is 16.5. The van der Waals surface area contributed by atoms with Crippen LogP contribution in [0.5, 0.6) is 0 Å². The van der Waals surface area contributed by atoms with Gasteiger partial charge in [0.1, 0.15) is 0 Å². The summed E-state index contributed by atoms with van der Waals surface area (Å²) < 4.78 is 75.0. The van der Waals surface area contributed by atoms with Crippen LogP contribution in [0.4, 0.5) is 0 Å². The Labute approximate surface area is 263 Å². The van der Waals surface area contributed by atoms with Gasteiger partial charge in [-0.15, -0.1) is 0 Å². The molecule has 0 radical (unpaired) electrons. The fraction of sp³-hybridized carbons (Fsp3) is 1.00. The maximum atomic E-state index is 6.08. The topological polar surface area (TPSA) is 120 Å². The summed E-state index contributed by atoms with van der Waals surface area (Å²) in [6, 6.07) is 0. The van der Waals surface area contributed by atoms with E-state index in [2.05, 4.69) is 0 Å². The smallest absolute Gasteiger partial charge is 0.157 e. The van der Waals surface area contributed by atoms with Crippen molar-refractivity contribution in [2.24, 2.45) is 5.41 Å². The Morgan fingerprint density at radius 2 is 0.795 bits per heavy atom. The first kappa shape index (κ1) is 37.9. The number of hydrogen-bond acceptors (Lipinski definition) is 13. The molecule has 2 unspecified atom stereocenters. The molecule has 0 aromatic rings. The van der Waals surface area contributed by atoms with E-state index >= 15 is 0 Å². The summed E-state index contributed by atoms with van der Waals surface area (Å²) in [4.78, 5) is 0. The summed E-state index contributed by atoms with van der Waals surface area (Å²) in [5.74, 6) is 0. The minimum absolute atomic E-state index is 0.105. The van der Waals surface area contributed by atoms with E-state index in [0.29, 0.717) is 132 Å². The van der Waals surface area contributed by atoms with Gasteiger partial charge in [-0.3, -0.25) is 0 Å². The highest BCUT2D eigenvalue weighted by Crippen LogP contribution is 2.21. The zero-order valence-electron chi connectivity index (χ0n) is 26.8. The molecule has 44 heavy (non-hydrogen) atoms. The van der Waals surface area contributed by atoms with Crippen molar-refractivity contribution in [3.05, 3.63) is 0 Å². The van der Waals surface area contributed by atoms with Crippen molar-refractivity contribution < 1.29 is 61.6 Å². The molecular formula is C31H58O13. The Bertz CT molecular complexity index is 580. The van der Waals surface area contributed by atoms with Gasteiger partial charge in [-0.25, -0.2) is 0 Å². The zero-order valence-corrected chi connectivity index (χ0v) is 26.8. The largest absolute Gasteiger partial charge is 0.378 e. The van der Waals surface area contributed by atoms with Crippen molar-refractivity contribution in [2.45, 2.75) is 51.1 Å². The highest BCUT2D eigenvalue weighted by molar-refractivity contribution is 4.79. The van der Waals surface area contributed by atoms with Gasteiger partial charge in [-0.1, -0.05) is 0 Å². The van der Waals surface area contributed by atoms with Crippen LogP contribution in [-0.4, -0.2) is 158 Å². The molecule has 0 aliphatic carbocycles. The second-order valence-electron chi connectivity index (χ2n) is 11.1. The van der Waals surface area contributed by atoms with Crippen LogP contribution in [0.3, 0.4) is 0 Å². The number of hydrogen-bond donors (Lipinski definition) is 0. The van der Waals surface area contributed by atoms with E-state index in [1.54, 1.807) is 0 Å². The van der Waals surface area contributed by atoms with E-state index in [9.17, 15) is 0 Å². The molecule has 3 aliphatic rings. The average Bonchev–Trinajstić information content (AvgIpc) is 3.05.